The molecule has 35 heavy (non-hydrogen) atoms. The van der Waals surface area contributed by atoms with Crippen molar-refractivity contribution in [3.63, 3.8) is 0 Å². The second-order valence-corrected chi connectivity index (χ2v) is 11.2. The van der Waals surface area contributed by atoms with Gasteiger partial charge in [-0.15, -0.1) is 0 Å². The zero-order valence-corrected chi connectivity index (χ0v) is 20.1. The highest BCUT2D eigenvalue weighted by Gasteiger charge is 2.17. The van der Waals surface area contributed by atoms with E-state index >= 15 is 0 Å². The highest BCUT2D eigenvalue weighted by molar-refractivity contribution is 7.79. The van der Waals surface area contributed by atoms with Gasteiger partial charge in [-0.2, -0.15) is 0 Å². The van der Waals surface area contributed by atoms with Crippen LogP contribution in [0.25, 0.3) is 43.4 Å². The van der Waals surface area contributed by atoms with E-state index in [9.17, 15) is 0 Å². The summed E-state index contributed by atoms with van der Waals surface area (Å²) < 4.78 is 0. The fraction of sp³-hybridized carbons (Fsp3) is 0. The van der Waals surface area contributed by atoms with Crippen LogP contribution in [-0.4, -0.2) is 0 Å². The van der Waals surface area contributed by atoms with Crippen molar-refractivity contribution in [3.05, 3.63) is 140 Å². The van der Waals surface area contributed by atoms with Gasteiger partial charge in [-0.1, -0.05) is 140 Å². The molecule has 0 bridgehead atoms. The Bertz CT molecular complexity index is 1710. The van der Waals surface area contributed by atoms with Gasteiger partial charge in [0, 0.05) is 0 Å². The van der Waals surface area contributed by atoms with Crippen LogP contribution in [0.1, 0.15) is 0 Å². The van der Waals surface area contributed by atoms with E-state index in [1.807, 2.05) is 0 Å². The van der Waals surface area contributed by atoms with Crippen LogP contribution in [0.5, 0.6) is 0 Å². The second-order valence-electron chi connectivity index (χ2n) is 9.02. The van der Waals surface area contributed by atoms with E-state index in [1.165, 1.54) is 59.4 Å². The van der Waals surface area contributed by atoms with Crippen LogP contribution in [-0.2, 0) is 0 Å². The van der Waals surface area contributed by atoms with Crippen LogP contribution >= 0.6 is 7.92 Å². The Morgan fingerprint density at radius 3 is 1.49 bits per heavy atom. The molecule has 164 valence electrons. The van der Waals surface area contributed by atoms with E-state index in [2.05, 4.69) is 140 Å². The molecule has 0 aliphatic heterocycles. The standard InChI is InChI=1S/C34H23P/c1-3-10-28(11-4-1)35(29-12-5-2-6-13-29)30-20-16-24(17-21-30)31-22-18-27-15-14-25-8-7-9-26-19-23-32(31)34(27)33(25)26/h1-23H. The molecule has 0 N–H and O–H groups in total. The third-order valence-electron chi connectivity index (χ3n) is 6.99. The van der Waals surface area contributed by atoms with E-state index in [-0.39, 0.29) is 0 Å². The maximum Gasteiger partial charge on any atom is -0.00206 e. The largest absolute Gasteiger partial charge is 0.0622 e. The van der Waals surface area contributed by atoms with Crippen molar-refractivity contribution in [1.82, 2.24) is 0 Å². The van der Waals surface area contributed by atoms with E-state index in [0.29, 0.717) is 0 Å². The zero-order chi connectivity index (χ0) is 23.2. The van der Waals surface area contributed by atoms with E-state index < -0.39 is 7.92 Å². The fourth-order valence-corrected chi connectivity index (χ4v) is 7.66. The Hall–Kier alpha value is -3.99. The first-order chi connectivity index (χ1) is 17.4. The van der Waals surface area contributed by atoms with Crippen LogP contribution in [0.4, 0.5) is 0 Å². The zero-order valence-electron chi connectivity index (χ0n) is 19.2. The van der Waals surface area contributed by atoms with Crippen LogP contribution in [0.3, 0.4) is 0 Å². The molecule has 0 amide bonds. The monoisotopic (exact) mass is 462 g/mol. The molecule has 0 radical (unpaired) electrons. The van der Waals surface area contributed by atoms with E-state index in [1.54, 1.807) is 0 Å². The van der Waals surface area contributed by atoms with Crippen molar-refractivity contribution >= 4 is 56.2 Å². The molecule has 1 heteroatoms. The lowest BCUT2D eigenvalue weighted by atomic mass is 9.90. The molecule has 0 heterocycles. The lowest BCUT2D eigenvalue weighted by molar-refractivity contribution is 1.69. The molecule has 7 rings (SSSR count). The van der Waals surface area contributed by atoms with Crippen molar-refractivity contribution in [2.45, 2.75) is 0 Å². The molecule has 0 aliphatic rings. The van der Waals surface area contributed by atoms with Gasteiger partial charge in [0.25, 0.3) is 0 Å². The smallest absolute Gasteiger partial charge is 0.00206 e. The van der Waals surface area contributed by atoms with Gasteiger partial charge < -0.3 is 0 Å². The van der Waals surface area contributed by atoms with Gasteiger partial charge in [0.2, 0.25) is 0 Å². The molecule has 0 atom stereocenters. The summed E-state index contributed by atoms with van der Waals surface area (Å²) in [4.78, 5) is 0. The van der Waals surface area contributed by atoms with Crippen LogP contribution < -0.4 is 15.9 Å². The van der Waals surface area contributed by atoms with Crippen molar-refractivity contribution in [2.24, 2.45) is 0 Å². The minimum atomic E-state index is -0.595. The van der Waals surface area contributed by atoms with Gasteiger partial charge in [-0.25, -0.2) is 0 Å². The van der Waals surface area contributed by atoms with Gasteiger partial charge in [0.1, 0.15) is 0 Å². The summed E-state index contributed by atoms with van der Waals surface area (Å²) in [5.74, 6) is 0. The Labute approximate surface area is 206 Å². The molecule has 0 saturated heterocycles. The van der Waals surface area contributed by atoms with Crippen LogP contribution in [0.15, 0.2) is 140 Å². The molecule has 0 aromatic heterocycles. The molecule has 0 spiro atoms. The highest BCUT2D eigenvalue weighted by atomic mass is 31.1. The number of hydrogen-bond donors (Lipinski definition) is 0. The number of benzene rings is 7. The molecular weight excluding hydrogens is 439 g/mol. The maximum absolute atomic E-state index is 2.33. The number of rotatable bonds is 4. The lowest BCUT2D eigenvalue weighted by Gasteiger charge is -2.20. The van der Waals surface area contributed by atoms with E-state index in [4.69, 9.17) is 0 Å². The minimum absolute atomic E-state index is 0.595. The third kappa shape index (κ3) is 3.42. The molecule has 0 fully saturated rings. The fourth-order valence-electron chi connectivity index (χ4n) is 5.38. The minimum Gasteiger partial charge on any atom is -0.0622 e. The van der Waals surface area contributed by atoms with Gasteiger partial charge in [-0.3, -0.25) is 0 Å². The second kappa shape index (κ2) is 8.35. The quantitative estimate of drug-likeness (QED) is 0.184. The van der Waals surface area contributed by atoms with Crippen molar-refractivity contribution in [3.8, 4) is 11.1 Å². The summed E-state index contributed by atoms with van der Waals surface area (Å²) in [6.45, 7) is 0. The lowest BCUT2D eigenvalue weighted by Crippen LogP contribution is -2.20. The summed E-state index contributed by atoms with van der Waals surface area (Å²) in [6, 6.07) is 51.3. The van der Waals surface area contributed by atoms with Crippen LogP contribution in [0, 0.1) is 0 Å². The van der Waals surface area contributed by atoms with Gasteiger partial charge in [0.15, 0.2) is 0 Å². The van der Waals surface area contributed by atoms with Gasteiger partial charge in [-0.05, 0) is 67.3 Å². The molecule has 7 aromatic carbocycles. The maximum atomic E-state index is 2.33. The van der Waals surface area contributed by atoms with Gasteiger partial charge >= 0.3 is 0 Å². The molecule has 0 aliphatic carbocycles. The Morgan fingerprint density at radius 1 is 0.343 bits per heavy atom. The van der Waals surface area contributed by atoms with Crippen molar-refractivity contribution in [2.75, 3.05) is 0 Å². The number of hydrogen-bond acceptors (Lipinski definition) is 0. The highest BCUT2D eigenvalue weighted by Crippen LogP contribution is 2.40. The van der Waals surface area contributed by atoms with Crippen molar-refractivity contribution in [1.29, 1.82) is 0 Å². The predicted octanol–water partition coefficient (Wildman–Crippen LogP) is 8.01. The summed E-state index contributed by atoms with van der Waals surface area (Å²) in [6.07, 6.45) is 0. The molecular formula is C34H23P. The molecule has 0 saturated carbocycles. The topological polar surface area (TPSA) is 0 Å². The Balaban J connectivity index is 1.38. The average Bonchev–Trinajstić information content (AvgIpc) is 2.93. The summed E-state index contributed by atoms with van der Waals surface area (Å²) in [7, 11) is -0.595. The first kappa shape index (κ1) is 20.4. The Morgan fingerprint density at radius 2 is 0.857 bits per heavy atom. The SMILES string of the molecule is c1ccc(P(c2ccccc2)c2ccc(-c3ccc4ccc5cccc6ccc3c4c56)cc2)cc1. The summed E-state index contributed by atoms with van der Waals surface area (Å²) in [5, 5.41) is 12.1. The first-order valence-electron chi connectivity index (χ1n) is 12.0. The normalized spacial score (nSPS) is 11.7. The Kier molecular flexibility index (Phi) is 4.86. The summed E-state index contributed by atoms with van der Waals surface area (Å²) >= 11 is 0. The molecule has 7 aromatic rings. The average molecular weight is 463 g/mol. The third-order valence-corrected chi connectivity index (χ3v) is 9.44. The van der Waals surface area contributed by atoms with E-state index in [0.717, 1.165) is 0 Å². The van der Waals surface area contributed by atoms with Crippen molar-refractivity contribution < 1.29 is 0 Å². The molecule has 0 nitrogen and oxygen atoms in total. The predicted molar refractivity (Wildman–Crippen MR) is 154 cm³/mol. The van der Waals surface area contributed by atoms with Gasteiger partial charge in [0.05, 0.1) is 0 Å². The first-order valence-corrected chi connectivity index (χ1v) is 13.4. The molecule has 0 unspecified atom stereocenters. The van der Waals surface area contributed by atoms with Crippen LogP contribution in [0.2, 0.25) is 0 Å². The summed E-state index contributed by atoms with van der Waals surface area (Å²) in [5.41, 5.74) is 2.56.